The summed E-state index contributed by atoms with van der Waals surface area (Å²) in [5.41, 5.74) is 5.34. The molecule has 4 heteroatoms. The van der Waals surface area contributed by atoms with Crippen LogP contribution in [0.1, 0.15) is 90.9 Å². The van der Waals surface area contributed by atoms with Crippen molar-refractivity contribution in [2.24, 2.45) is 5.73 Å². The summed E-state index contributed by atoms with van der Waals surface area (Å²) in [6, 6.07) is 0. The van der Waals surface area contributed by atoms with Gasteiger partial charge in [-0.15, -0.1) is 0 Å². The van der Waals surface area contributed by atoms with Gasteiger partial charge in [0, 0.05) is 6.61 Å². The van der Waals surface area contributed by atoms with Crippen molar-refractivity contribution in [2.75, 3.05) is 13.2 Å². The number of hydrogen-bond donors (Lipinski definition) is 3. The van der Waals surface area contributed by atoms with E-state index in [2.05, 4.69) is 13.8 Å². The lowest BCUT2D eigenvalue weighted by molar-refractivity contribution is 0.282. The fourth-order valence-corrected chi connectivity index (χ4v) is 1.82. The summed E-state index contributed by atoms with van der Waals surface area (Å²) in [6.45, 7) is 5.69. The van der Waals surface area contributed by atoms with Gasteiger partial charge in [-0.2, -0.15) is 0 Å². The maximum atomic E-state index is 8.42. The van der Waals surface area contributed by atoms with Crippen molar-refractivity contribution >= 4 is 0 Å². The molecule has 0 saturated heterocycles. The Morgan fingerprint density at radius 1 is 0.650 bits per heavy atom. The minimum absolute atomic E-state index is 0. The van der Waals surface area contributed by atoms with E-state index in [0.29, 0.717) is 6.61 Å². The molecule has 0 aromatic rings. The fraction of sp³-hybridized carbons (Fsp3) is 1.00. The molecule has 0 rings (SSSR count). The molecule has 0 fully saturated rings. The van der Waals surface area contributed by atoms with Crippen molar-refractivity contribution in [3.63, 3.8) is 0 Å². The highest BCUT2D eigenvalue weighted by molar-refractivity contribution is 4.43. The SMILES string of the molecule is CCCCCCCCN.CCCCCCCCO.N.O. The third-order valence-corrected chi connectivity index (χ3v) is 3.07. The minimum atomic E-state index is 0. The molecular weight excluding hydrogens is 252 g/mol. The highest BCUT2D eigenvalue weighted by Crippen LogP contribution is 2.04. The molecular formula is C16H42N2O2. The van der Waals surface area contributed by atoms with E-state index in [4.69, 9.17) is 10.8 Å². The molecule has 0 saturated carbocycles. The van der Waals surface area contributed by atoms with Crippen molar-refractivity contribution in [1.82, 2.24) is 6.15 Å². The molecule has 0 radical (unpaired) electrons. The first kappa shape index (κ1) is 28.1. The highest BCUT2D eigenvalue weighted by atomic mass is 16.2. The van der Waals surface area contributed by atoms with Crippen molar-refractivity contribution in [1.29, 1.82) is 0 Å². The molecule has 0 aromatic heterocycles. The van der Waals surface area contributed by atoms with Gasteiger partial charge in [-0.05, 0) is 19.4 Å². The molecule has 0 aliphatic heterocycles. The first-order chi connectivity index (χ1) is 8.83. The second-order valence-corrected chi connectivity index (χ2v) is 5.05. The van der Waals surface area contributed by atoms with Crippen LogP contribution in [0.25, 0.3) is 0 Å². The summed E-state index contributed by atoms with van der Waals surface area (Å²) < 4.78 is 0. The van der Waals surface area contributed by atoms with E-state index in [1.165, 1.54) is 70.6 Å². The molecule has 20 heavy (non-hydrogen) atoms. The van der Waals surface area contributed by atoms with Crippen LogP contribution in [0.3, 0.4) is 0 Å². The number of rotatable bonds is 12. The van der Waals surface area contributed by atoms with Crippen LogP contribution >= 0.6 is 0 Å². The Balaban J connectivity index is -0.000000116. The summed E-state index contributed by atoms with van der Waals surface area (Å²) in [7, 11) is 0. The van der Waals surface area contributed by atoms with Gasteiger partial charge in [-0.3, -0.25) is 0 Å². The number of aliphatic hydroxyl groups is 1. The van der Waals surface area contributed by atoms with E-state index in [0.717, 1.165) is 13.0 Å². The first-order valence-corrected chi connectivity index (χ1v) is 8.14. The first-order valence-electron chi connectivity index (χ1n) is 8.14. The van der Waals surface area contributed by atoms with Gasteiger partial charge in [0.1, 0.15) is 0 Å². The lowest BCUT2D eigenvalue weighted by Crippen LogP contribution is -1.97. The smallest absolute Gasteiger partial charge is 0.0431 e. The highest BCUT2D eigenvalue weighted by Gasteiger charge is 1.86. The molecule has 0 atom stereocenters. The van der Waals surface area contributed by atoms with E-state index in [9.17, 15) is 0 Å². The monoisotopic (exact) mass is 294 g/mol. The van der Waals surface area contributed by atoms with Crippen LogP contribution in [0, 0.1) is 0 Å². The maximum absolute atomic E-state index is 8.42. The standard InChI is InChI=1S/C8H19N.C8H18O.H3N.H2O/c2*1-2-3-4-5-6-7-8-9;;/h2-9H2,1H3;9H,2-8H2,1H3;1H3;1H2. The van der Waals surface area contributed by atoms with Crippen molar-refractivity contribution in [3.05, 3.63) is 0 Å². The van der Waals surface area contributed by atoms with Crippen LogP contribution in [-0.4, -0.2) is 23.7 Å². The fourth-order valence-electron chi connectivity index (χ4n) is 1.82. The zero-order valence-electron chi connectivity index (χ0n) is 14.1. The van der Waals surface area contributed by atoms with Gasteiger partial charge in [0.2, 0.25) is 0 Å². The minimum Gasteiger partial charge on any atom is -0.412 e. The van der Waals surface area contributed by atoms with E-state index in [-0.39, 0.29) is 11.6 Å². The van der Waals surface area contributed by atoms with Crippen LogP contribution in [0.5, 0.6) is 0 Å². The second-order valence-electron chi connectivity index (χ2n) is 5.05. The third-order valence-electron chi connectivity index (χ3n) is 3.07. The van der Waals surface area contributed by atoms with Crippen LogP contribution in [0.4, 0.5) is 0 Å². The molecule has 0 aliphatic carbocycles. The molecule has 128 valence electrons. The second kappa shape index (κ2) is 31.3. The largest absolute Gasteiger partial charge is 0.412 e. The van der Waals surface area contributed by atoms with Gasteiger partial charge in [-0.1, -0.05) is 78.1 Å². The molecule has 0 bridgehead atoms. The average molecular weight is 295 g/mol. The summed E-state index contributed by atoms with van der Waals surface area (Å²) >= 11 is 0. The zero-order chi connectivity index (χ0) is 13.9. The van der Waals surface area contributed by atoms with Gasteiger partial charge in [-0.25, -0.2) is 0 Å². The lowest BCUT2D eigenvalue weighted by atomic mass is 10.1. The quantitative estimate of drug-likeness (QED) is 0.473. The Labute approximate surface area is 127 Å². The Morgan fingerprint density at radius 2 is 1.00 bits per heavy atom. The number of nitrogens with two attached hydrogens (primary N) is 1. The van der Waals surface area contributed by atoms with Crippen LogP contribution in [0.15, 0.2) is 0 Å². The van der Waals surface area contributed by atoms with Gasteiger partial charge in [0.25, 0.3) is 0 Å². The third kappa shape index (κ3) is 36.1. The Morgan fingerprint density at radius 3 is 1.35 bits per heavy atom. The van der Waals surface area contributed by atoms with Gasteiger partial charge in [0.15, 0.2) is 0 Å². The molecule has 8 N–H and O–H groups in total. The van der Waals surface area contributed by atoms with Crippen LogP contribution in [0.2, 0.25) is 0 Å². The molecule has 0 unspecified atom stereocenters. The Bertz CT molecular complexity index is 99.0. The Kier molecular flexibility index (Phi) is 43.9. The molecule has 0 heterocycles. The average Bonchev–Trinajstić information content (AvgIpc) is 2.39. The predicted octanol–water partition coefficient (Wildman–Crippen LogP) is 3.98. The van der Waals surface area contributed by atoms with Crippen molar-refractivity contribution in [3.8, 4) is 0 Å². The van der Waals surface area contributed by atoms with Crippen LogP contribution in [-0.2, 0) is 0 Å². The number of unbranched alkanes of at least 4 members (excludes halogenated alkanes) is 10. The molecule has 0 aliphatic rings. The topological polar surface area (TPSA) is 113 Å². The molecule has 0 spiro atoms. The van der Waals surface area contributed by atoms with E-state index in [1.807, 2.05) is 0 Å². The van der Waals surface area contributed by atoms with E-state index < -0.39 is 0 Å². The Hall–Kier alpha value is -0.160. The summed E-state index contributed by atoms with van der Waals surface area (Å²) in [6.07, 6.45) is 15.5. The van der Waals surface area contributed by atoms with Crippen molar-refractivity contribution in [2.45, 2.75) is 90.9 Å². The van der Waals surface area contributed by atoms with E-state index >= 15 is 0 Å². The molecule has 4 nitrogen and oxygen atoms in total. The van der Waals surface area contributed by atoms with E-state index in [1.54, 1.807) is 0 Å². The number of aliphatic hydroxyl groups excluding tert-OH is 1. The van der Waals surface area contributed by atoms with Gasteiger partial charge < -0.3 is 22.5 Å². The normalized spacial score (nSPS) is 9.00. The van der Waals surface area contributed by atoms with Crippen molar-refractivity contribution < 1.29 is 10.6 Å². The summed E-state index contributed by atoms with van der Waals surface area (Å²) in [5, 5.41) is 8.42. The summed E-state index contributed by atoms with van der Waals surface area (Å²) in [4.78, 5) is 0. The molecule has 0 aromatic carbocycles. The zero-order valence-corrected chi connectivity index (χ0v) is 14.1. The van der Waals surface area contributed by atoms with Crippen LogP contribution < -0.4 is 11.9 Å². The summed E-state index contributed by atoms with van der Waals surface area (Å²) in [5.74, 6) is 0. The number of hydrogen-bond acceptors (Lipinski definition) is 3. The lowest BCUT2D eigenvalue weighted by Gasteiger charge is -1.96. The predicted molar refractivity (Wildman–Crippen MR) is 91.5 cm³/mol. The van der Waals surface area contributed by atoms with Gasteiger partial charge in [0.05, 0.1) is 0 Å². The molecule has 0 amide bonds. The maximum Gasteiger partial charge on any atom is 0.0431 e. The van der Waals surface area contributed by atoms with Gasteiger partial charge >= 0.3 is 0 Å².